The van der Waals surface area contributed by atoms with Gasteiger partial charge in [-0.1, -0.05) is 12.1 Å². The standard InChI is InChI=1S/C18H15N7O/c1-24-17(21-22-23-24)13-4-2-5-14(12-13)18(26)20-15-6-8-16(9-7-15)25-11-3-10-19-25/h2-12H,1H3,(H,20,26). The molecule has 0 radical (unpaired) electrons. The lowest BCUT2D eigenvalue weighted by Gasteiger charge is -2.08. The van der Waals surface area contributed by atoms with E-state index < -0.39 is 0 Å². The van der Waals surface area contributed by atoms with Crippen LogP contribution in [-0.4, -0.2) is 35.9 Å². The van der Waals surface area contributed by atoms with E-state index >= 15 is 0 Å². The normalized spacial score (nSPS) is 10.7. The summed E-state index contributed by atoms with van der Waals surface area (Å²) >= 11 is 0. The van der Waals surface area contributed by atoms with Crippen LogP contribution in [0.1, 0.15) is 10.4 Å². The Bertz CT molecular complexity index is 1040. The molecule has 0 unspecified atom stereocenters. The number of anilines is 1. The first-order chi connectivity index (χ1) is 12.7. The van der Waals surface area contributed by atoms with E-state index in [2.05, 4.69) is 25.9 Å². The SMILES string of the molecule is Cn1nnnc1-c1cccc(C(=O)Nc2ccc(-n3cccn3)cc2)c1. The molecule has 26 heavy (non-hydrogen) atoms. The topological polar surface area (TPSA) is 90.5 Å². The van der Waals surface area contributed by atoms with Gasteiger partial charge in [0.05, 0.1) is 5.69 Å². The molecule has 8 nitrogen and oxygen atoms in total. The highest BCUT2D eigenvalue weighted by molar-refractivity contribution is 6.04. The van der Waals surface area contributed by atoms with Crippen LogP contribution in [0, 0.1) is 0 Å². The summed E-state index contributed by atoms with van der Waals surface area (Å²) in [7, 11) is 1.75. The molecule has 2 aromatic heterocycles. The maximum Gasteiger partial charge on any atom is 0.255 e. The van der Waals surface area contributed by atoms with E-state index in [0.717, 1.165) is 11.3 Å². The molecular formula is C18H15N7O. The molecule has 2 heterocycles. The van der Waals surface area contributed by atoms with Gasteiger partial charge in [0.2, 0.25) is 0 Å². The van der Waals surface area contributed by atoms with Crippen molar-refractivity contribution in [1.82, 2.24) is 30.0 Å². The van der Waals surface area contributed by atoms with Gasteiger partial charge in [-0.3, -0.25) is 4.79 Å². The predicted octanol–water partition coefficient (Wildman–Crippen LogP) is 2.32. The Hall–Kier alpha value is -3.81. The molecule has 4 rings (SSSR count). The fourth-order valence-corrected chi connectivity index (χ4v) is 2.60. The third-order valence-corrected chi connectivity index (χ3v) is 3.90. The van der Waals surface area contributed by atoms with Crippen molar-refractivity contribution >= 4 is 11.6 Å². The number of carbonyl (C=O) groups is 1. The quantitative estimate of drug-likeness (QED) is 0.613. The van der Waals surface area contributed by atoms with Gasteiger partial charge in [-0.25, -0.2) is 9.36 Å². The highest BCUT2D eigenvalue weighted by Crippen LogP contribution is 2.18. The number of aromatic nitrogens is 6. The summed E-state index contributed by atoms with van der Waals surface area (Å²) in [6.07, 6.45) is 3.58. The molecular weight excluding hydrogens is 330 g/mol. The number of hydrogen-bond acceptors (Lipinski definition) is 5. The van der Waals surface area contributed by atoms with Crippen molar-refractivity contribution in [2.24, 2.45) is 7.05 Å². The van der Waals surface area contributed by atoms with Gasteiger partial charge in [-0.05, 0) is 52.9 Å². The van der Waals surface area contributed by atoms with E-state index in [1.54, 1.807) is 40.8 Å². The smallest absolute Gasteiger partial charge is 0.255 e. The predicted molar refractivity (Wildman–Crippen MR) is 95.8 cm³/mol. The Balaban J connectivity index is 1.52. The lowest BCUT2D eigenvalue weighted by atomic mass is 10.1. The Morgan fingerprint density at radius 3 is 2.62 bits per heavy atom. The van der Waals surface area contributed by atoms with Crippen LogP contribution in [0.25, 0.3) is 17.1 Å². The van der Waals surface area contributed by atoms with Crippen LogP contribution in [0.2, 0.25) is 0 Å². The Kier molecular flexibility index (Phi) is 3.98. The molecule has 0 bridgehead atoms. The van der Waals surface area contributed by atoms with Crippen LogP contribution >= 0.6 is 0 Å². The van der Waals surface area contributed by atoms with Crippen molar-refractivity contribution in [1.29, 1.82) is 0 Å². The number of tetrazole rings is 1. The molecule has 0 saturated heterocycles. The summed E-state index contributed by atoms with van der Waals surface area (Å²) in [5.41, 5.74) is 2.93. The summed E-state index contributed by atoms with van der Waals surface area (Å²) in [6.45, 7) is 0. The van der Waals surface area contributed by atoms with E-state index in [-0.39, 0.29) is 5.91 Å². The van der Waals surface area contributed by atoms with Gasteiger partial charge in [0.1, 0.15) is 0 Å². The van der Waals surface area contributed by atoms with Crippen LogP contribution in [-0.2, 0) is 7.05 Å². The van der Waals surface area contributed by atoms with Crippen molar-refractivity contribution in [2.75, 3.05) is 5.32 Å². The lowest BCUT2D eigenvalue weighted by Crippen LogP contribution is -2.12. The maximum absolute atomic E-state index is 12.5. The molecule has 0 spiro atoms. The van der Waals surface area contributed by atoms with E-state index in [4.69, 9.17) is 0 Å². The zero-order chi connectivity index (χ0) is 17.9. The highest BCUT2D eigenvalue weighted by Gasteiger charge is 2.11. The molecule has 0 fully saturated rings. The van der Waals surface area contributed by atoms with Crippen LogP contribution in [0.3, 0.4) is 0 Å². The van der Waals surface area contributed by atoms with Gasteiger partial charge in [-0.15, -0.1) is 5.10 Å². The van der Waals surface area contributed by atoms with Gasteiger partial charge in [0.15, 0.2) is 5.82 Å². The Morgan fingerprint density at radius 1 is 1.08 bits per heavy atom. The molecule has 0 aliphatic heterocycles. The second kappa shape index (κ2) is 6.60. The summed E-state index contributed by atoms with van der Waals surface area (Å²) in [5, 5.41) is 18.5. The largest absolute Gasteiger partial charge is 0.322 e. The molecule has 2 aromatic carbocycles. The van der Waals surface area contributed by atoms with Crippen molar-refractivity contribution in [3.8, 4) is 17.1 Å². The summed E-state index contributed by atoms with van der Waals surface area (Å²) in [5.74, 6) is 0.400. The van der Waals surface area contributed by atoms with Crippen molar-refractivity contribution in [3.05, 3.63) is 72.6 Å². The maximum atomic E-state index is 12.5. The van der Waals surface area contributed by atoms with E-state index in [1.165, 1.54) is 0 Å². The number of hydrogen-bond donors (Lipinski definition) is 1. The summed E-state index contributed by atoms with van der Waals surface area (Å²) in [6, 6.07) is 16.5. The molecule has 0 saturated carbocycles. The highest BCUT2D eigenvalue weighted by atomic mass is 16.1. The van der Waals surface area contributed by atoms with E-state index in [0.29, 0.717) is 17.1 Å². The summed E-state index contributed by atoms with van der Waals surface area (Å²) < 4.78 is 3.31. The molecule has 1 N–H and O–H groups in total. The number of rotatable bonds is 4. The van der Waals surface area contributed by atoms with Gasteiger partial charge >= 0.3 is 0 Å². The third-order valence-electron chi connectivity index (χ3n) is 3.90. The number of amides is 1. The van der Waals surface area contributed by atoms with Gasteiger partial charge in [0.25, 0.3) is 5.91 Å². The van der Waals surface area contributed by atoms with E-state index in [9.17, 15) is 4.79 Å². The monoisotopic (exact) mass is 345 g/mol. The average Bonchev–Trinajstić information content (AvgIpc) is 3.34. The van der Waals surface area contributed by atoms with Gasteiger partial charge < -0.3 is 5.32 Å². The van der Waals surface area contributed by atoms with Gasteiger partial charge in [-0.2, -0.15) is 5.10 Å². The van der Waals surface area contributed by atoms with Crippen LogP contribution in [0.5, 0.6) is 0 Å². The number of aryl methyl sites for hydroxylation is 1. The molecule has 0 atom stereocenters. The lowest BCUT2D eigenvalue weighted by molar-refractivity contribution is 0.102. The molecule has 128 valence electrons. The second-order valence-electron chi connectivity index (χ2n) is 5.66. The van der Waals surface area contributed by atoms with Crippen LogP contribution in [0.4, 0.5) is 5.69 Å². The molecule has 8 heteroatoms. The molecule has 0 aliphatic carbocycles. The fourth-order valence-electron chi connectivity index (χ4n) is 2.60. The average molecular weight is 345 g/mol. The Labute approximate surface area is 149 Å². The first-order valence-corrected chi connectivity index (χ1v) is 7.95. The number of nitrogens with one attached hydrogen (secondary N) is 1. The van der Waals surface area contributed by atoms with Crippen molar-refractivity contribution < 1.29 is 4.79 Å². The minimum Gasteiger partial charge on any atom is -0.322 e. The van der Waals surface area contributed by atoms with Crippen molar-refractivity contribution in [2.45, 2.75) is 0 Å². The number of benzene rings is 2. The molecule has 1 amide bonds. The molecule has 0 aliphatic rings. The minimum absolute atomic E-state index is 0.200. The van der Waals surface area contributed by atoms with E-state index in [1.807, 2.05) is 42.6 Å². The third kappa shape index (κ3) is 3.07. The molecule has 4 aromatic rings. The number of carbonyl (C=O) groups excluding carboxylic acids is 1. The van der Waals surface area contributed by atoms with Crippen LogP contribution < -0.4 is 5.32 Å². The van der Waals surface area contributed by atoms with Crippen molar-refractivity contribution in [3.63, 3.8) is 0 Å². The fraction of sp³-hybridized carbons (Fsp3) is 0.0556. The number of nitrogens with zero attached hydrogens (tertiary/aromatic N) is 6. The first kappa shape index (κ1) is 15.7. The van der Waals surface area contributed by atoms with Gasteiger partial charge in [0, 0.05) is 36.3 Å². The second-order valence-corrected chi connectivity index (χ2v) is 5.66. The first-order valence-electron chi connectivity index (χ1n) is 7.95. The Morgan fingerprint density at radius 2 is 1.92 bits per heavy atom. The zero-order valence-corrected chi connectivity index (χ0v) is 13.9. The minimum atomic E-state index is -0.200. The summed E-state index contributed by atoms with van der Waals surface area (Å²) in [4.78, 5) is 12.5. The zero-order valence-electron chi connectivity index (χ0n) is 13.9. The van der Waals surface area contributed by atoms with Crippen LogP contribution in [0.15, 0.2) is 67.0 Å².